The van der Waals surface area contributed by atoms with E-state index in [1.165, 1.54) is 6.07 Å². The number of benzene rings is 1. The van der Waals surface area contributed by atoms with Gasteiger partial charge in [-0.15, -0.1) is 0 Å². The molecule has 0 atom stereocenters. The van der Waals surface area contributed by atoms with Crippen molar-refractivity contribution in [1.82, 2.24) is 0 Å². The molecular weight excluding hydrogens is 327 g/mol. The van der Waals surface area contributed by atoms with E-state index in [4.69, 9.17) is 32.7 Å². The quantitative estimate of drug-likeness (QED) is 0.417. The molecule has 22 heavy (non-hydrogen) atoms. The van der Waals surface area contributed by atoms with Crippen molar-refractivity contribution in [2.24, 2.45) is 5.92 Å². The lowest BCUT2D eigenvalue weighted by Gasteiger charge is -2.11. The fraction of sp³-hybridized carbons (Fsp3) is 0.375. The van der Waals surface area contributed by atoms with Crippen LogP contribution in [0.5, 0.6) is 5.75 Å². The van der Waals surface area contributed by atoms with Gasteiger partial charge in [0.1, 0.15) is 5.02 Å². The zero-order valence-corrected chi connectivity index (χ0v) is 14.0. The van der Waals surface area contributed by atoms with Crippen LogP contribution >= 0.6 is 23.2 Å². The van der Waals surface area contributed by atoms with E-state index in [9.17, 15) is 9.59 Å². The van der Waals surface area contributed by atoms with E-state index >= 15 is 0 Å². The van der Waals surface area contributed by atoms with E-state index in [1.807, 2.05) is 13.8 Å². The molecule has 0 saturated heterocycles. The topological polar surface area (TPSA) is 52.6 Å². The lowest BCUT2D eigenvalue weighted by molar-refractivity contribution is -0.139. The number of rotatable bonds is 7. The maximum absolute atomic E-state index is 11.6. The molecule has 0 N–H and O–H groups in total. The minimum absolute atomic E-state index is 0.134. The van der Waals surface area contributed by atoms with Crippen LogP contribution in [0.2, 0.25) is 10.0 Å². The molecule has 0 spiro atoms. The van der Waals surface area contributed by atoms with Crippen LogP contribution in [0.25, 0.3) is 0 Å². The Kier molecular flexibility index (Phi) is 7.99. The normalized spacial score (nSPS) is 11.0. The Morgan fingerprint density at radius 3 is 2.41 bits per heavy atom. The SMILES string of the molecule is CCC(CC)COC(=O)/C=C/C(=O)Oc1cccc(Cl)c1Cl. The van der Waals surface area contributed by atoms with E-state index in [0.717, 1.165) is 25.0 Å². The van der Waals surface area contributed by atoms with Crippen molar-refractivity contribution in [3.05, 3.63) is 40.4 Å². The first-order valence-corrected chi connectivity index (χ1v) is 7.74. The van der Waals surface area contributed by atoms with Gasteiger partial charge in [-0.3, -0.25) is 0 Å². The fourth-order valence-electron chi connectivity index (χ4n) is 1.61. The Labute approximate surface area is 140 Å². The smallest absolute Gasteiger partial charge is 0.336 e. The molecule has 0 radical (unpaired) electrons. The predicted octanol–water partition coefficient (Wildman–Crippen LogP) is 4.43. The van der Waals surface area contributed by atoms with E-state index in [1.54, 1.807) is 12.1 Å². The maximum Gasteiger partial charge on any atom is 0.336 e. The van der Waals surface area contributed by atoms with Crippen LogP contribution in [0, 0.1) is 5.92 Å². The van der Waals surface area contributed by atoms with E-state index in [0.29, 0.717) is 12.5 Å². The maximum atomic E-state index is 11.6. The fourth-order valence-corrected chi connectivity index (χ4v) is 1.94. The highest BCUT2D eigenvalue weighted by Gasteiger charge is 2.10. The number of hydrogen-bond donors (Lipinski definition) is 0. The first-order valence-electron chi connectivity index (χ1n) is 6.98. The molecular formula is C16H18Cl2O4. The molecule has 0 aliphatic carbocycles. The van der Waals surface area contributed by atoms with E-state index in [-0.39, 0.29) is 15.8 Å². The minimum Gasteiger partial charge on any atom is -0.462 e. The summed E-state index contributed by atoms with van der Waals surface area (Å²) in [6.45, 7) is 4.40. The summed E-state index contributed by atoms with van der Waals surface area (Å²) >= 11 is 11.7. The predicted molar refractivity (Wildman–Crippen MR) is 86.3 cm³/mol. The number of hydrogen-bond acceptors (Lipinski definition) is 4. The molecule has 0 amide bonds. The summed E-state index contributed by atoms with van der Waals surface area (Å²) in [5.41, 5.74) is 0. The molecule has 0 aliphatic rings. The molecule has 0 aliphatic heterocycles. The summed E-state index contributed by atoms with van der Waals surface area (Å²) in [7, 11) is 0. The molecule has 0 unspecified atom stereocenters. The van der Waals surface area contributed by atoms with Crippen molar-refractivity contribution in [2.45, 2.75) is 26.7 Å². The van der Waals surface area contributed by atoms with Crippen molar-refractivity contribution in [3.63, 3.8) is 0 Å². The van der Waals surface area contributed by atoms with Crippen LogP contribution in [0.15, 0.2) is 30.4 Å². The molecule has 120 valence electrons. The van der Waals surface area contributed by atoms with Gasteiger partial charge in [0, 0.05) is 12.2 Å². The zero-order valence-electron chi connectivity index (χ0n) is 12.5. The van der Waals surface area contributed by atoms with Crippen LogP contribution < -0.4 is 4.74 Å². The number of esters is 2. The van der Waals surface area contributed by atoms with Gasteiger partial charge in [-0.1, -0.05) is 56.0 Å². The summed E-state index contributed by atoms with van der Waals surface area (Å²) in [5, 5.41) is 0.419. The average Bonchev–Trinajstić information content (AvgIpc) is 2.51. The summed E-state index contributed by atoms with van der Waals surface area (Å²) in [5.74, 6) is -0.853. The summed E-state index contributed by atoms with van der Waals surface area (Å²) in [6.07, 6.45) is 3.89. The molecule has 1 rings (SSSR count). The molecule has 0 heterocycles. The number of carbonyl (C=O) groups excluding carboxylic acids is 2. The summed E-state index contributed by atoms with van der Waals surface area (Å²) in [6, 6.07) is 4.68. The Morgan fingerprint density at radius 2 is 1.77 bits per heavy atom. The second-order valence-electron chi connectivity index (χ2n) is 4.62. The number of halogens is 2. The molecule has 0 aromatic heterocycles. The van der Waals surface area contributed by atoms with Gasteiger partial charge in [0.05, 0.1) is 11.6 Å². The molecule has 1 aromatic carbocycles. The lowest BCUT2D eigenvalue weighted by Crippen LogP contribution is -2.12. The molecule has 0 bridgehead atoms. The van der Waals surface area contributed by atoms with E-state index in [2.05, 4.69) is 0 Å². The molecule has 0 fully saturated rings. The zero-order chi connectivity index (χ0) is 16.5. The third-order valence-electron chi connectivity index (χ3n) is 3.10. The highest BCUT2D eigenvalue weighted by molar-refractivity contribution is 6.43. The highest BCUT2D eigenvalue weighted by Crippen LogP contribution is 2.31. The molecule has 0 saturated carbocycles. The van der Waals surface area contributed by atoms with Gasteiger partial charge in [-0.05, 0) is 18.1 Å². The van der Waals surface area contributed by atoms with E-state index < -0.39 is 11.9 Å². The van der Waals surface area contributed by atoms with Crippen molar-refractivity contribution in [1.29, 1.82) is 0 Å². The van der Waals surface area contributed by atoms with Crippen LogP contribution in [0.1, 0.15) is 26.7 Å². The van der Waals surface area contributed by atoms with Crippen molar-refractivity contribution < 1.29 is 19.1 Å². The largest absolute Gasteiger partial charge is 0.462 e. The number of carbonyl (C=O) groups is 2. The Bertz CT molecular complexity index is 551. The standard InChI is InChI=1S/C16H18Cl2O4/c1-3-11(4-2)10-21-14(19)8-9-15(20)22-13-7-5-6-12(17)16(13)18/h5-9,11H,3-4,10H2,1-2H3/b9-8+. The lowest BCUT2D eigenvalue weighted by atomic mass is 10.1. The first-order chi connectivity index (χ1) is 10.5. The van der Waals surface area contributed by atoms with Gasteiger partial charge in [0.2, 0.25) is 0 Å². The Hall–Kier alpha value is -1.52. The second-order valence-corrected chi connectivity index (χ2v) is 5.40. The van der Waals surface area contributed by atoms with Gasteiger partial charge >= 0.3 is 11.9 Å². The van der Waals surface area contributed by atoms with Crippen molar-refractivity contribution in [3.8, 4) is 5.75 Å². The third kappa shape index (κ3) is 6.08. The monoisotopic (exact) mass is 344 g/mol. The summed E-state index contributed by atoms with van der Waals surface area (Å²) in [4.78, 5) is 23.1. The van der Waals surface area contributed by atoms with Gasteiger partial charge in [0.15, 0.2) is 5.75 Å². The van der Waals surface area contributed by atoms with Crippen LogP contribution in [-0.4, -0.2) is 18.5 Å². The van der Waals surface area contributed by atoms with Gasteiger partial charge < -0.3 is 9.47 Å². The number of ether oxygens (including phenoxy) is 2. The van der Waals surface area contributed by atoms with Crippen molar-refractivity contribution >= 4 is 35.1 Å². The van der Waals surface area contributed by atoms with Crippen LogP contribution in [0.3, 0.4) is 0 Å². The molecule has 1 aromatic rings. The summed E-state index contributed by atoms with van der Waals surface area (Å²) < 4.78 is 10.0. The van der Waals surface area contributed by atoms with Crippen LogP contribution in [-0.2, 0) is 14.3 Å². The minimum atomic E-state index is -0.733. The first kappa shape index (κ1) is 18.5. The van der Waals surface area contributed by atoms with Gasteiger partial charge in [0.25, 0.3) is 0 Å². The van der Waals surface area contributed by atoms with Gasteiger partial charge in [-0.2, -0.15) is 0 Å². The molecule has 4 nitrogen and oxygen atoms in total. The van der Waals surface area contributed by atoms with Crippen LogP contribution in [0.4, 0.5) is 0 Å². The second kappa shape index (κ2) is 9.49. The Morgan fingerprint density at radius 1 is 1.14 bits per heavy atom. The molecule has 6 heteroatoms. The Balaban J connectivity index is 2.50. The average molecular weight is 345 g/mol. The van der Waals surface area contributed by atoms with Gasteiger partial charge in [-0.25, -0.2) is 9.59 Å². The third-order valence-corrected chi connectivity index (χ3v) is 3.90. The highest BCUT2D eigenvalue weighted by atomic mass is 35.5. The van der Waals surface area contributed by atoms with Crippen molar-refractivity contribution in [2.75, 3.05) is 6.61 Å².